The number of hydrogen-bond donors (Lipinski definition) is 1. The third kappa shape index (κ3) is 2.95. The van der Waals surface area contributed by atoms with Crippen LogP contribution in [0.3, 0.4) is 0 Å². The first-order valence-electron chi connectivity index (χ1n) is 5.16. The summed E-state index contributed by atoms with van der Waals surface area (Å²) in [5.41, 5.74) is -2.11. The summed E-state index contributed by atoms with van der Waals surface area (Å²) in [6.07, 6.45) is 0.837. The molecular formula is C12H9F4NO3. The summed E-state index contributed by atoms with van der Waals surface area (Å²) in [7, 11) is 2.77. The molecule has 0 aliphatic heterocycles. The van der Waals surface area contributed by atoms with Gasteiger partial charge in [-0.25, -0.2) is 22.4 Å². The maximum atomic E-state index is 13.4. The van der Waals surface area contributed by atoms with Gasteiger partial charge in [-0.2, -0.15) is 0 Å². The normalized spacial score (nSPS) is 11.4. The SMILES string of the molecule is CN(C)/C=C(\C(=O)O)C(=O)c1cc(F)c(F)c(F)c1F. The molecule has 8 heteroatoms. The fourth-order valence-corrected chi connectivity index (χ4v) is 1.35. The number of ketones is 1. The molecule has 108 valence electrons. The number of carboxylic acids is 1. The molecule has 0 aliphatic carbocycles. The van der Waals surface area contributed by atoms with Crippen molar-refractivity contribution >= 4 is 11.8 Å². The lowest BCUT2D eigenvalue weighted by molar-refractivity contribution is -0.132. The van der Waals surface area contributed by atoms with E-state index in [-0.39, 0.29) is 6.07 Å². The van der Waals surface area contributed by atoms with Crippen molar-refractivity contribution in [1.82, 2.24) is 4.90 Å². The molecular weight excluding hydrogens is 282 g/mol. The summed E-state index contributed by atoms with van der Waals surface area (Å²) in [5, 5.41) is 8.84. The standard InChI is InChI=1S/C12H9F4NO3/c1-17(2)4-6(12(19)20)11(18)5-3-7(13)9(15)10(16)8(5)14/h3-4H,1-2H3,(H,19,20)/b6-4-. The minimum Gasteiger partial charge on any atom is -0.477 e. The molecule has 20 heavy (non-hydrogen) atoms. The molecule has 0 fully saturated rings. The minimum atomic E-state index is -2.18. The van der Waals surface area contributed by atoms with E-state index < -0.39 is 46.2 Å². The lowest BCUT2D eigenvalue weighted by Crippen LogP contribution is -2.19. The van der Waals surface area contributed by atoms with E-state index in [4.69, 9.17) is 5.11 Å². The monoisotopic (exact) mass is 291 g/mol. The van der Waals surface area contributed by atoms with E-state index in [9.17, 15) is 27.2 Å². The van der Waals surface area contributed by atoms with Gasteiger partial charge in [0.1, 0.15) is 5.57 Å². The lowest BCUT2D eigenvalue weighted by atomic mass is 10.0. The number of rotatable bonds is 4. The van der Waals surface area contributed by atoms with Gasteiger partial charge >= 0.3 is 5.97 Å². The Hall–Kier alpha value is -2.38. The third-order valence-electron chi connectivity index (χ3n) is 2.21. The maximum Gasteiger partial charge on any atom is 0.341 e. The van der Waals surface area contributed by atoms with Crippen molar-refractivity contribution in [2.45, 2.75) is 0 Å². The highest BCUT2D eigenvalue weighted by atomic mass is 19.2. The van der Waals surface area contributed by atoms with Gasteiger partial charge in [-0.3, -0.25) is 4.79 Å². The van der Waals surface area contributed by atoms with Crippen LogP contribution in [0.25, 0.3) is 0 Å². The van der Waals surface area contributed by atoms with Crippen LogP contribution in [0.5, 0.6) is 0 Å². The molecule has 0 saturated carbocycles. The van der Waals surface area contributed by atoms with E-state index in [1.165, 1.54) is 19.0 Å². The Labute approximate surface area is 110 Å². The highest BCUT2D eigenvalue weighted by molar-refractivity contribution is 6.23. The van der Waals surface area contributed by atoms with Gasteiger partial charge in [0, 0.05) is 20.3 Å². The molecule has 4 nitrogen and oxygen atoms in total. The zero-order chi connectivity index (χ0) is 15.6. The second-order valence-corrected chi connectivity index (χ2v) is 3.99. The van der Waals surface area contributed by atoms with E-state index >= 15 is 0 Å². The second kappa shape index (κ2) is 5.72. The van der Waals surface area contributed by atoms with Crippen LogP contribution in [-0.4, -0.2) is 35.9 Å². The highest BCUT2D eigenvalue weighted by Crippen LogP contribution is 2.21. The van der Waals surface area contributed by atoms with Gasteiger partial charge in [-0.05, 0) is 6.07 Å². The molecule has 0 radical (unpaired) electrons. The predicted octanol–water partition coefficient (Wildman–Crippen LogP) is 1.96. The molecule has 0 aliphatic rings. The summed E-state index contributed by atoms with van der Waals surface area (Å²) >= 11 is 0. The first-order chi connectivity index (χ1) is 9.16. The maximum absolute atomic E-state index is 13.4. The topological polar surface area (TPSA) is 57.6 Å². The first kappa shape index (κ1) is 15.7. The summed E-state index contributed by atoms with van der Waals surface area (Å²) in [5.74, 6) is -11.2. The van der Waals surface area contributed by atoms with Gasteiger partial charge in [-0.15, -0.1) is 0 Å². The Morgan fingerprint density at radius 3 is 2.10 bits per heavy atom. The molecule has 0 unspecified atom stereocenters. The van der Waals surface area contributed by atoms with Crippen LogP contribution in [0.15, 0.2) is 17.8 Å². The zero-order valence-electron chi connectivity index (χ0n) is 10.4. The van der Waals surface area contributed by atoms with Gasteiger partial charge in [0.05, 0.1) is 5.56 Å². The van der Waals surface area contributed by atoms with Gasteiger partial charge in [0.2, 0.25) is 5.78 Å². The van der Waals surface area contributed by atoms with Crippen molar-refractivity contribution in [3.05, 3.63) is 46.7 Å². The first-order valence-corrected chi connectivity index (χ1v) is 5.16. The molecule has 0 bridgehead atoms. The van der Waals surface area contributed by atoms with Crippen LogP contribution < -0.4 is 0 Å². The largest absolute Gasteiger partial charge is 0.477 e. The van der Waals surface area contributed by atoms with Crippen molar-refractivity contribution in [3.8, 4) is 0 Å². The van der Waals surface area contributed by atoms with E-state index in [0.717, 1.165) is 6.20 Å². The quantitative estimate of drug-likeness (QED) is 0.175. The van der Waals surface area contributed by atoms with Crippen molar-refractivity contribution in [1.29, 1.82) is 0 Å². The van der Waals surface area contributed by atoms with Gasteiger partial charge in [0.25, 0.3) is 0 Å². The smallest absolute Gasteiger partial charge is 0.341 e. The number of carbonyl (C=O) groups is 2. The summed E-state index contributed by atoms with van der Waals surface area (Å²) < 4.78 is 52.2. The Bertz CT molecular complexity index is 611. The Kier molecular flexibility index (Phi) is 4.49. The molecule has 0 spiro atoms. The van der Waals surface area contributed by atoms with Crippen molar-refractivity contribution in [2.24, 2.45) is 0 Å². The fraction of sp³-hybridized carbons (Fsp3) is 0.167. The second-order valence-electron chi connectivity index (χ2n) is 3.99. The van der Waals surface area contributed by atoms with Crippen LogP contribution in [0.2, 0.25) is 0 Å². The molecule has 1 rings (SSSR count). The minimum absolute atomic E-state index is 0.114. The fourth-order valence-electron chi connectivity index (χ4n) is 1.35. The average molecular weight is 291 g/mol. The van der Waals surface area contributed by atoms with E-state index in [1.54, 1.807) is 0 Å². The van der Waals surface area contributed by atoms with Crippen molar-refractivity contribution < 1.29 is 32.3 Å². The number of aliphatic carboxylic acids is 1. The highest BCUT2D eigenvalue weighted by Gasteiger charge is 2.27. The molecule has 1 N–H and O–H groups in total. The number of Topliss-reactive ketones (excluding diaryl/α,β-unsaturated/α-hetero) is 1. The molecule has 0 heterocycles. The number of benzene rings is 1. The zero-order valence-corrected chi connectivity index (χ0v) is 10.4. The number of carboxylic acid groups (broad SMARTS) is 1. The van der Waals surface area contributed by atoms with Gasteiger partial charge in [-0.1, -0.05) is 0 Å². The molecule has 0 aromatic heterocycles. The summed E-state index contributed by atoms with van der Waals surface area (Å²) in [4.78, 5) is 23.9. The third-order valence-corrected chi connectivity index (χ3v) is 2.21. The van der Waals surface area contributed by atoms with Crippen LogP contribution >= 0.6 is 0 Å². The Morgan fingerprint density at radius 1 is 1.10 bits per heavy atom. The average Bonchev–Trinajstić information content (AvgIpc) is 2.36. The molecule has 1 aromatic rings. The van der Waals surface area contributed by atoms with Crippen LogP contribution in [0, 0.1) is 23.3 Å². The summed E-state index contributed by atoms with van der Waals surface area (Å²) in [6, 6.07) is 0.114. The van der Waals surface area contributed by atoms with Gasteiger partial charge < -0.3 is 10.0 Å². The van der Waals surface area contributed by atoms with E-state index in [1.807, 2.05) is 0 Å². The van der Waals surface area contributed by atoms with Crippen molar-refractivity contribution in [2.75, 3.05) is 14.1 Å². The number of nitrogens with zero attached hydrogens (tertiary/aromatic N) is 1. The Morgan fingerprint density at radius 2 is 1.65 bits per heavy atom. The van der Waals surface area contributed by atoms with E-state index in [0.29, 0.717) is 0 Å². The van der Waals surface area contributed by atoms with Crippen LogP contribution in [-0.2, 0) is 4.79 Å². The van der Waals surface area contributed by atoms with Gasteiger partial charge in [0.15, 0.2) is 23.3 Å². The van der Waals surface area contributed by atoms with Crippen LogP contribution in [0.4, 0.5) is 17.6 Å². The van der Waals surface area contributed by atoms with E-state index in [2.05, 4.69) is 0 Å². The molecule has 0 amide bonds. The number of hydrogen-bond acceptors (Lipinski definition) is 3. The molecule has 0 atom stereocenters. The van der Waals surface area contributed by atoms with Crippen molar-refractivity contribution in [3.63, 3.8) is 0 Å². The number of halogens is 4. The predicted molar refractivity (Wildman–Crippen MR) is 60.0 cm³/mol. The molecule has 0 saturated heterocycles. The summed E-state index contributed by atoms with van der Waals surface area (Å²) in [6.45, 7) is 0. The lowest BCUT2D eigenvalue weighted by Gasteiger charge is -2.09. The molecule has 1 aromatic carbocycles. The number of carbonyl (C=O) groups excluding carboxylic acids is 1. The van der Waals surface area contributed by atoms with Crippen LogP contribution in [0.1, 0.15) is 10.4 Å². The Balaban J connectivity index is 3.45.